The van der Waals surface area contributed by atoms with Gasteiger partial charge in [0.1, 0.15) is 10.7 Å². The van der Waals surface area contributed by atoms with Crippen LogP contribution < -0.4 is 5.14 Å². The fourth-order valence-electron chi connectivity index (χ4n) is 1.65. The molecule has 0 radical (unpaired) electrons. The standard InChI is InChI=1S/C13H17F2NO4S/c1-8(2)4-3-5-20-13(17)10-6-9(14)7-11(12(10)15)21(16,18)19/h6-8H,3-5H2,1-2H3,(H2,16,18,19). The van der Waals surface area contributed by atoms with E-state index in [-0.39, 0.29) is 6.61 Å². The molecule has 2 N–H and O–H groups in total. The molecule has 5 nitrogen and oxygen atoms in total. The van der Waals surface area contributed by atoms with E-state index >= 15 is 0 Å². The van der Waals surface area contributed by atoms with Crippen LogP contribution in [0.4, 0.5) is 8.78 Å². The summed E-state index contributed by atoms with van der Waals surface area (Å²) in [7, 11) is -4.47. The van der Waals surface area contributed by atoms with Crippen LogP contribution in [-0.4, -0.2) is 21.0 Å². The van der Waals surface area contributed by atoms with Crippen LogP contribution in [0.2, 0.25) is 0 Å². The minimum Gasteiger partial charge on any atom is -0.462 e. The van der Waals surface area contributed by atoms with Gasteiger partial charge in [-0.1, -0.05) is 13.8 Å². The lowest BCUT2D eigenvalue weighted by Crippen LogP contribution is -2.18. The van der Waals surface area contributed by atoms with Crippen molar-refractivity contribution in [1.82, 2.24) is 0 Å². The molecule has 0 saturated heterocycles. The number of nitrogens with two attached hydrogens (primary N) is 1. The SMILES string of the molecule is CC(C)CCCOC(=O)c1cc(F)cc(S(N)(=O)=O)c1F. The van der Waals surface area contributed by atoms with Gasteiger partial charge in [-0.2, -0.15) is 0 Å². The summed E-state index contributed by atoms with van der Waals surface area (Å²) in [4.78, 5) is 10.6. The van der Waals surface area contributed by atoms with Crippen molar-refractivity contribution < 1.29 is 26.7 Å². The zero-order valence-electron chi connectivity index (χ0n) is 11.7. The van der Waals surface area contributed by atoms with Gasteiger partial charge in [-0.25, -0.2) is 27.1 Å². The van der Waals surface area contributed by atoms with Crippen LogP contribution in [0.5, 0.6) is 0 Å². The highest BCUT2D eigenvalue weighted by Gasteiger charge is 2.24. The first kappa shape index (κ1) is 17.5. The maximum atomic E-state index is 13.9. The van der Waals surface area contributed by atoms with E-state index in [0.717, 1.165) is 6.42 Å². The number of carbonyl (C=O) groups excluding carboxylic acids is 1. The zero-order chi connectivity index (χ0) is 16.2. The number of rotatable bonds is 6. The molecule has 0 atom stereocenters. The summed E-state index contributed by atoms with van der Waals surface area (Å²) >= 11 is 0. The van der Waals surface area contributed by atoms with E-state index in [9.17, 15) is 22.0 Å². The summed E-state index contributed by atoms with van der Waals surface area (Å²) in [5.74, 6) is -3.20. The second kappa shape index (κ2) is 6.95. The smallest absolute Gasteiger partial charge is 0.341 e. The van der Waals surface area contributed by atoms with Crippen molar-refractivity contribution in [3.05, 3.63) is 29.3 Å². The summed E-state index contributed by atoms with van der Waals surface area (Å²) in [6.07, 6.45) is 1.38. The van der Waals surface area contributed by atoms with Gasteiger partial charge in [0, 0.05) is 0 Å². The van der Waals surface area contributed by atoms with Gasteiger partial charge in [0.25, 0.3) is 0 Å². The van der Waals surface area contributed by atoms with Crippen LogP contribution in [0.1, 0.15) is 37.0 Å². The Morgan fingerprint density at radius 3 is 2.48 bits per heavy atom. The molecule has 1 rings (SSSR count). The molecule has 118 valence electrons. The predicted molar refractivity (Wildman–Crippen MR) is 72.1 cm³/mol. The van der Waals surface area contributed by atoms with Gasteiger partial charge >= 0.3 is 5.97 Å². The molecule has 1 aromatic carbocycles. The number of benzene rings is 1. The van der Waals surface area contributed by atoms with Crippen molar-refractivity contribution >= 4 is 16.0 Å². The fraction of sp³-hybridized carbons (Fsp3) is 0.462. The largest absolute Gasteiger partial charge is 0.462 e. The Hall–Kier alpha value is -1.54. The van der Waals surface area contributed by atoms with Crippen molar-refractivity contribution in [2.75, 3.05) is 6.61 Å². The molecule has 1 aromatic rings. The van der Waals surface area contributed by atoms with Gasteiger partial charge in [-0.3, -0.25) is 0 Å². The number of halogens is 2. The normalized spacial score (nSPS) is 11.7. The van der Waals surface area contributed by atoms with E-state index in [0.29, 0.717) is 24.5 Å². The van der Waals surface area contributed by atoms with E-state index in [1.54, 1.807) is 0 Å². The van der Waals surface area contributed by atoms with Crippen LogP contribution in [0, 0.1) is 17.6 Å². The number of primary sulfonamides is 1. The van der Waals surface area contributed by atoms with Crippen molar-refractivity contribution in [2.24, 2.45) is 11.1 Å². The summed E-state index contributed by atoms with van der Waals surface area (Å²) in [5.41, 5.74) is -0.788. The van der Waals surface area contributed by atoms with Gasteiger partial charge in [0.2, 0.25) is 10.0 Å². The first-order valence-corrected chi connectivity index (χ1v) is 7.86. The number of ether oxygens (including phenoxy) is 1. The van der Waals surface area contributed by atoms with Crippen molar-refractivity contribution in [3.63, 3.8) is 0 Å². The number of hydrogen-bond acceptors (Lipinski definition) is 4. The van der Waals surface area contributed by atoms with Gasteiger partial charge in [0.05, 0.1) is 12.2 Å². The Morgan fingerprint density at radius 2 is 1.95 bits per heavy atom. The van der Waals surface area contributed by atoms with E-state index in [2.05, 4.69) is 0 Å². The molecule has 0 unspecified atom stereocenters. The second-order valence-electron chi connectivity index (χ2n) is 4.98. The van der Waals surface area contributed by atoms with Crippen molar-refractivity contribution in [1.29, 1.82) is 0 Å². The summed E-state index contributed by atoms with van der Waals surface area (Å²) < 4.78 is 54.3. The average molecular weight is 321 g/mol. The van der Waals surface area contributed by atoms with E-state index in [1.165, 1.54) is 0 Å². The summed E-state index contributed by atoms with van der Waals surface area (Å²) in [5, 5.41) is 4.76. The Morgan fingerprint density at radius 1 is 1.33 bits per heavy atom. The first-order chi connectivity index (χ1) is 9.62. The van der Waals surface area contributed by atoms with Gasteiger partial charge < -0.3 is 4.74 Å². The number of hydrogen-bond donors (Lipinski definition) is 1. The molecule has 0 saturated carbocycles. The zero-order valence-corrected chi connectivity index (χ0v) is 12.5. The van der Waals surface area contributed by atoms with E-state index in [4.69, 9.17) is 9.88 Å². The van der Waals surface area contributed by atoms with E-state index < -0.39 is 38.1 Å². The number of esters is 1. The molecule has 0 aliphatic heterocycles. The lowest BCUT2D eigenvalue weighted by molar-refractivity contribution is 0.0488. The molecule has 8 heteroatoms. The van der Waals surface area contributed by atoms with Crippen LogP contribution in [0.15, 0.2) is 17.0 Å². The minimum absolute atomic E-state index is 0.0394. The van der Waals surface area contributed by atoms with Crippen molar-refractivity contribution in [3.8, 4) is 0 Å². The molecule has 0 fully saturated rings. The molecular weight excluding hydrogens is 304 g/mol. The highest BCUT2D eigenvalue weighted by atomic mass is 32.2. The third-order valence-electron chi connectivity index (χ3n) is 2.69. The predicted octanol–water partition coefficient (Wildman–Crippen LogP) is 2.21. The molecule has 0 aromatic heterocycles. The fourth-order valence-corrected chi connectivity index (χ4v) is 2.29. The van der Waals surface area contributed by atoms with Crippen LogP contribution in [-0.2, 0) is 14.8 Å². The third kappa shape index (κ3) is 5.05. The summed E-state index contributed by atoms with van der Waals surface area (Å²) in [6.45, 7) is 4.02. The van der Waals surface area contributed by atoms with Crippen LogP contribution >= 0.6 is 0 Å². The summed E-state index contributed by atoms with van der Waals surface area (Å²) in [6, 6.07) is 0.995. The van der Waals surface area contributed by atoms with Crippen LogP contribution in [0.3, 0.4) is 0 Å². The number of sulfonamides is 1. The quantitative estimate of drug-likeness (QED) is 0.643. The second-order valence-corrected chi connectivity index (χ2v) is 6.51. The highest BCUT2D eigenvalue weighted by molar-refractivity contribution is 7.89. The molecule has 0 bridgehead atoms. The van der Waals surface area contributed by atoms with Crippen molar-refractivity contribution in [2.45, 2.75) is 31.6 Å². The monoisotopic (exact) mass is 321 g/mol. The molecule has 0 aliphatic carbocycles. The Kier molecular flexibility index (Phi) is 5.79. The first-order valence-electron chi connectivity index (χ1n) is 6.32. The lowest BCUT2D eigenvalue weighted by Gasteiger charge is -2.09. The maximum absolute atomic E-state index is 13.9. The molecule has 0 heterocycles. The Labute approximate surface area is 122 Å². The average Bonchev–Trinajstić information content (AvgIpc) is 2.35. The molecule has 0 spiro atoms. The van der Waals surface area contributed by atoms with Gasteiger partial charge in [-0.15, -0.1) is 0 Å². The molecule has 0 amide bonds. The highest BCUT2D eigenvalue weighted by Crippen LogP contribution is 2.20. The van der Waals surface area contributed by atoms with E-state index in [1.807, 2.05) is 13.8 Å². The molecular formula is C13H17F2NO4S. The maximum Gasteiger partial charge on any atom is 0.341 e. The third-order valence-corrected chi connectivity index (χ3v) is 3.60. The Balaban J connectivity index is 2.93. The lowest BCUT2D eigenvalue weighted by atomic mass is 10.1. The minimum atomic E-state index is -4.47. The van der Waals surface area contributed by atoms with Gasteiger partial charge in [0.15, 0.2) is 5.82 Å². The number of carbonyl (C=O) groups is 1. The Bertz CT molecular complexity index is 629. The van der Waals surface area contributed by atoms with Crippen LogP contribution in [0.25, 0.3) is 0 Å². The van der Waals surface area contributed by atoms with Gasteiger partial charge in [-0.05, 0) is 30.9 Å². The topological polar surface area (TPSA) is 86.5 Å². The molecule has 21 heavy (non-hydrogen) atoms. The molecule has 0 aliphatic rings.